The number of nitrogens with one attached hydrogen (secondary N) is 2. The third-order valence-corrected chi connectivity index (χ3v) is 5.42. The predicted molar refractivity (Wildman–Crippen MR) is 95.4 cm³/mol. The van der Waals surface area contributed by atoms with Crippen LogP contribution in [0.3, 0.4) is 0 Å². The second-order valence-corrected chi connectivity index (χ2v) is 7.46. The molecule has 2 heterocycles. The summed E-state index contributed by atoms with van der Waals surface area (Å²) < 4.78 is 0. The Kier molecular flexibility index (Phi) is 5.87. The lowest BCUT2D eigenvalue weighted by Gasteiger charge is -2.22. The molecule has 1 aliphatic carbocycles. The fourth-order valence-electron chi connectivity index (χ4n) is 2.59. The quantitative estimate of drug-likeness (QED) is 0.783. The van der Waals surface area contributed by atoms with E-state index in [9.17, 15) is 4.79 Å². The molecule has 0 aromatic carbocycles. The Bertz CT molecular complexity index is 645. The summed E-state index contributed by atoms with van der Waals surface area (Å²) in [6.07, 6.45) is 9.84. The lowest BCUT2D eigenvalue weighted by molar-refractivity contribution is -0.119. The van der Waals surface area contributed by atoms with Crippen LogP contribution in [0, 0.1) is 0 Å². The summed E-state index contributed by atoms with van der Waals surface area (Å²) in [6.45, 7) is 0. The van der Waals surface area contributed by atoms with Gasteiger partial charge in [-0.2, -0.15) is 0 Å². The van der Waals surface area contributed by atoms with Crippen molar-refractivity contribution in [3.8, 4) is 0 Å². The van der Waals surface area contributed by atoms with Crippen molar-refractivity contribution in [2.75, 3.05) is 5.75 Å². The van der Waals surface area contributed by atoms with Gasteiger partial charge in [-0.1, -0.05) is 37.1 Å². The molecular weight excluding hydrogens is 328 g/mol. The van der Waals surface area contributed by atoms with E-state index in [4.69, 9.17) is 0 Å². The van der Waals surface area contributed by atoms with E-state index in [2.05, 4.69) is 20.5 Å². The van der Waals surface area contributed by atoms with Crippen molar-refractivity contribution in [2.45, 2.75) is 43.3 Å². The molecular formula is C16H20N4OS2. The second-order valence-electron chi connectivity index (χ2n) is 5.54. The lowest BCUT2D eigenvalue weighted by Crippen LogP contribution is -2.37. The number of H-pyrrole nitrogens is 1. The maximum absolute atomic E-state index is 12.0. The van der Waals surface area contributed by atoms with Gasteiger partial charge in [0.2, 0.25) is 11.1 Å². The number of amides is 1. The molecule has 0 aliphatic heterocycles. The first-order chi connectivity index (χ1) is 11.3. The molecule has 0 saturated heterocycles. The van der Waals surface area contributed by atoms with Crippen LogP contribution in [0.2, 0.25) is 0 Å². The van der Waals surface area contributed by atoms with Crippen molar-refractivity contribution in [2.24, 2.45) is 0 Å². The summed E-state index contributed by atoms with van der Waals surface area (Å²) in [5.74, 6) is 1.14. The van der Waals surface area contributed by atoms with Gasteiger partial charge in [0, 0.05) is 10.9 Å². The molecule has 0 bridgehead atoms. The minimum absolute atomic E-state index is 0.0716. The lowest BCUT2D eigenvalue weighted by atomic mass is 9.95. The molecule has 1 aliphatic rings. The van der Waals surface area contributed by atoms with Gasteiger partial charge in [-0.15, -0.1) is 16.4 Å². The normalized spacial score (nSPS) is 16.0. The molecule has 0 spiro atoms. The van der Waals surface area contributed by atoms with Crippen LogP contribution in [0.25, 0.3) is 12.2 Å². The highest BCUT2D eigenvalue weighted by atomic mass is 32.2. The van der Waals surface area contributed by atoms with Crippen molar-refractivity contribution in [1.82, 2.24) is 20.5 Å². The maximum atomic E-state index is 12.0. The first kappa shape index (κ1) is 16.3. The fourth-order valence-corrected chi connectivity index (χ4v) is 3.83. The first-order valence-electron chi connectivity index (χ1n) is 7.86. The number of aromatic nitrogens is 3. The van der Waals surface area contributed by atoms with Crippen molar-refractivity contribution < 1.29 is 4.79 Å². The average molecular weight is 348 g/mol. The third kappa shape index (κ3) is 5.21. The zero-order chi connectivity index (χ0) is 15.9. The van der Waals surface area contributed by atoms with Crippen LogP contribution in [-0.4, -0.2) is 32.9 Å². The van der Waals surface area contributed by atoms with Gasteiger partial charge in [0.25, 0.3) is 0 Å². The number of hydrogen-bond donors (Lipinski definition) is 2. The van der Waals surface area contributed by atoms with E-state index in [0.29, 0.717) is 22.8 Å². The fraction of sp³-hybridized carbons (Fsp3) is 0.438. The first-order valence-corrected chi connectivity index (χ1v) is 9.72. The molecule has 5 nitrogen and oxygen atoms in total. The summed E-state index contributed by atoms with van der Waals surface area (Å²) in [4.78, 5) is 17.5. The van der Waals surface area contributed by atoms with Crippen LogP contribution < -0.4 is 5.32 Å². The number of aromatic amines is 1. The standard InChI is InChI=1S/C16H20N4OS2/c21-15(17-12-5-2-1-3-6-12)11-23-16-18-14(19-20-16)9-8-13-7-4-10-22-13/h4,7-10,12H,1-3,5-6,11H2,(H,17,21)(H,18,19,20). The summed E-state index contributed by atoms with van der Waals surface area (Å²) >= 11 is 3.04. The SMILES string of the molecule is O=C(CSc1n[nH]c(C=Cc2cccs2)n1)NC1CCCCC1. The largest absolute Gasteiger partial charge is 0.353 e. The molecule has 1 saturated carbocycles. The molecule has 0 atom stereocenters. The molecule has 7 heteroatoms. The number of nitrogens with zero attached hydrogens (tertiary/aromatic N) is 2. The molecule has 122 valence electrons. The topological polar surface area (TPSA) is 70.7 Å². The van der Waals surface area contributed by atoms with Crippen LogP contribution in [0.15, 0.2) is 22.7 Å². The van der Waals surface area contributed by atoms with Gasteiger partial charge < -0.3 is 5.32 Å². The Morgan fingerprint density at radius 3 is 3.04 bits per heavy atom. The molecule has 0 unspecified atom stereocenters. The second kappa shape index (κ2) is 8.31. The number of carbonyl (C=O) groups excluding carboxylic acids is 1. The van der Waals surface area contributed by atoms with Crippen LogP contribution in [-0.2, 0) is 4.79 Å². The molecule has 2 aromatic rings. The Morgan fingerprint density at radius 2 is 2.26 bits per heavy atom. The third-order valence-electron chi connectivity index (χ3n) is 3.73. The zero-order valence-electron chi connectivity index (χ0n) is 12.8. The van der Waals surface area contributed by atoms with E-state index in [-0.39, 0.29) is 5.91 Å². The number of carbonyl (C=O) groups is 1. The van der Waals surface area contributed by atoms with Crippen LogP contribution in [0.1, 0.15) is 42.8 Å². The van der Waals surface area contributed by atoms with Gasteiger partial charge in [-0.05, 0) is 36.4 Å². The summed E-state index contributed by atoms with van der Waals surface area (Å²) in [7, 11) is 0. The summed E-state index contributed by atoms with van der Waals surface area (Å²) in [6, 6.07) is 4.41. The highest BCUT2D eigenvalue weighted by molar-refractivity contribution is 7.99. The van der Waals surface area contributed by atoms with Crippen molar-refractivity contribution in [3.63, 3.8) is 0 Å². The van der Waals surface area contributed by atoms with E-state index >= 15 is 0 Å². The molecule has 2 N–H and O–H groups in total. The van der Waals surface area contributed by atoms with E-state index in [1.54, 1.807) is 11.3 Å². The van der Waals surface area contributed by atoms with Gasteiger partial charge in [-0.3, -0.25) is 9.89 Å². The van der Waals surface area contributed by atoms with E-state index < -0.39 is 0 Å². The highest BCUT2D eigenvalue weighted by Crippen LogP contribution is 2.18. The Morgan fingerprint density at radius 1 is 1.39 bits per heavy atom. The number of thiophene rings is 1. The number of thioether (sulfide) groups is 1. The van der Waals surface area contributed by atoms with Gasteiger partial charge in [-0.25, -0.2) is 4.98 Å². The van der Waals surface area contributed by atoms with Gasteiger partial charge in [0.1, 0.15) is 5.82 Å². The average Bonchev–Trinajstić information content (AvgIpc) is 3.24. The molecule has 0 radical (unpaired) electrons. The van der Waals surface area contributed by atoms with Crippen molar-refractivity contribution in [3.05, 3.63) is 28.2 Å². The van der Waals surface area contributed by atoms with Gasteiger partial charge in [0.05, 0.1) is 5.75 Å². The molecule has 1 amide bonds. The maximum Gasteiger partial charge on any atom is 0.230 e. The smallest absolute Gasteiger partial charge is 0.230 e. The minimum atomic E-state index is 0.0716. The molecule has 3 rings (SSSR count). The van der Waals surface area contributed by atoms with Gasteiger partial charge >= 0.3 is 0 Å². The monoisotopic (exact) mass is 348 g/mol. The zero-order valence-corrected chi connectivity index (χ0v) is 14.5. The minimum Gasteiger partial charge on any atom is -0.353 e. The molecule has 1 fully saturated rings. The van der Waals surface area contributed by atoms with Crippen molar-refractivity contribution >= 4 is 41.2 Å². The van der Waals surface area contributed by atoms with E-state index in [1.807, 2.05) is 29.7 Å². The van der Waals surface area contributed by atoms with Crippen molar-refractivity contribution in [1.29, 1.82) is 0 Å². The summed E-state index contributed by atoms with van der Waals surface area (Å²) in [5, 5.41) is 12.8. The van der Waals surface area contributed by atoms with Crippen LogP contribution >= 0.6 is 23.1 Å². The highest BCUT2D eigenvalue weighted by Gasteiger charge is 2.16. The van der Waals surface area contributed by atoms with Crippen LogP contribution in [0.5, 0.6) is 0 Å². The molecule has 2 aromatic heterocycles. The van der Waals surface area contributed by atoms with Gasteiger partial charge in [0.15, 0.2) is 0 Å². The predicted octanol–water partition coefficient (Wildman–Crippen LogP) is 3.58. The Labute approximate surface area is 144 Å². The van der Waals surface area contributed by atoms with E-state index in [0.717, 1.165) is 12.8 Å². The number of hydrogen-bond acceptors (Lipinski definition) is 5. The Balaban J connectivity index is 1.44. The number of rotatable bonds is 6. The summed E-state index contributed by atoms with van der Waals surface area (Å²) in [5.41, 5.74) is 0. The Hall–Kier alpha value is -1.60. The van der Waals surface area contributed by atoms with E-state index in [1.165, 1.54) is 35.9 Å². The molecule has 23 heavy (non-hydrogen) atoms. The van der Waals surface area contributed by atoms with Crippen LogP contribution in [0.4, 0.5) is 0 Å².